The van der Waals surface area contributed by atoms with Crippen molar-refractivity contribution in [2.45, 2.75) is 6.92 Å². The highest BCUT2D eigenvalue weighted by Gasteiger charge is 2.09. The van der Waals surface area contributed by atoms with Gasteiger partial charge < -0.3 is 5.32 Å². The zero-order chi connectivity index (χ0) is 13.4. The molecule has 0 atom stereocenters. The van der Waals surface area contributed by atoms with E-state index < -0.39 is 0 Å². The van der Waals surface area contributed by atoms with Crippen molar-refractivity contribution in [3.63, 3.8) is 0 Å². The Kier molecular flexibility index (Phi) is 3.31. The molecule has 0 saturated carbocycles. The SMILES string of the molecule is Cc1ccc(Cl)cc1Nc1nc(Cl)nc2sccc12. The van der Waals surface area contributed by atoms with Crippen LogP contribution in [0.1, 0.15) is 5.56 Å². The van der Waals surface area contributed by atoms with Gasteiger partial charge in [0.2, 0.25) is 5.28 Å². The molecule has 0 spiro atoms. The molecule has 6 heteroatoms. The average molecular weight is 310 g/mol. The predicted molar refractivity (Wildman–Crippen MR) is 81.9 cm³/mol. The van der Waals surface area contributed by atoms with Crippen LogP contribution in [0.4, 0.5) is 11.5 Å². The van der Waals surface area contributed by atoms with Crippen LogP contribution in [0.25, 0.3) is 10.2 Å². The van der Waals surface area contributed by atoms with Crippen LogP contribution in [0.15, 0.2) is 29.6 Å². The first-order valence-corrected chi connectivity index (χ1v) is 7.21. The molecule has 0 amide bonds. The summed E-state index contributed by atoms with van der Waals surface area (Å²) in [6.45, 7) is 2.01. The number of hydrogen-bond acceptors (Lipinski definition) is 4. The number of benzene rings is 1. The van der Waals surface area contributed by atoms with Crippen LogP contribution in [0.3, 0.4) is 0 Å². The normalized spacial score (nSPS) is 10.9. The molecule has 1 N–H and O–H groups in total. The maximum atomic E-state index is 6.01. The summed E-state index contributed by atoms with van der Waals surface area (Å²) in [4.78, 5) is 9.29. The lowest BCUT2D eigenvalue weighted by Crippen LogP contribution is -1.97. The Morgan fingerprint density at radius 3 is 2.84 bits per heavy atom. The van der Waals surface area contributed by atoms with Crippen molar-refractivity contribution in [2.75, 3.05) is 5.32 Å². The van der Waals surface area contributed by atoms with E-state index in [-0.39, 0.29) is 5.28 Å². The minimum atomic E-state index is 0.233. The van der Waals surface area contributed by atoms with E-state index in [0.29, 0.717) is 10.8 Å². The number of anilines is 2. The van der Waals surface area contributed by atoms with Crippen LogP contribution in [0.5, 0.6) is 0 Å². The first kappa shape index (κ1) is 12.7. The van der Waals surface area contributed by atoms with Gasteiger partial charge in [0.25, 0.3) is 0 Å². The Labute approximate surface area is 124 Å². The molecule has 0 aliphatic carbocycles. The quantitative estimate of drug-likeness (QED) is 0.673. The van der Waals surface area contributed by atoms with Gasteiger partial charge in [0.15, 0.2) is 0 Å². The summed E-state index contributed by atoms with van der Waals surface area (Å²) in [5.41, 5.74) is 2.00. The van der Waals surface area contributed by atoms with E-state index in [4.69, 9.17) is 23.2 Å². The molecule has 2 aromatic heterocycles. The Morgan fingerprint density at radius 2 is 2.00 bits per heavy atom. The number of rotatable bonds is 2. The van der Waals surface area contributed by atoms with E-state index in [2.05, 4.69) is 15.3 Å². The molecule has 3 aromatic rings. The molecule has 0 saturated heterocycles. The summed E-state index contributed by atoms with van der Waals surface area (Å²) in [5, 5.41) is 7.10. The van der Waals surface area contributed by atoms with Crippen LogP contribution < -0.4 is 5.32 Å². The number of halogens is 2. The average Bonchev–Trinajstić information content (AvgIpc) is 2.82. The van der Waals surface area contributed by atoms with Crippen molar-refractivity contribution in [1.82, 2.24) is 9.97 Å². The molecule has 0 fully saturated rings. The van der Waals surface area contributed by atoms with E-state index in [1.54, 1.807) is 0 Å². The van der Waals surface area contributed by atoms with Crippen LogP contribution in [-0.4, -0.2) is 9.97 Å². The molecule has 0 bridgehead atoms. The van der Waals surface area contributed by atoms with Crippen molar-refractivity contribution < 1.29 is 0 Å². The highest BCUT2D eigenvalue weighted by Crippen LogP contribution is 2.30. The third-order valence-electron chi connectivity index (χ3n) is 2.75. The largest absolute Gasteiger partial charge is 0.339 e. The number of nitrogens with zero attached hydrogens (tertiary/aromatic N) is 2. The van der Waals surface area contributed by atoms with Crippen LogP contribution in [0, 0.1) is 6.92 Å². The first-order valence-electron chi connectivity index (χ1n) is 5.57. The van der Waals surface area contributed by atoms with Gasteiger partial charge in [-0.05, 0) is 47.7 Å². The first-order chi connectivity index (χ1) is 9.13. The molecular weight excluding hydrogens is 301 g/mol. The highest BCUT2D eigenvalue weighted by atomic mass is 35.5. The van der Waals surface area contributed by atoms with E-state index in [1.807, 2.05) is 36.6 Å². The van der Waals surface area contributed by atoms with Crippen molar-refractivity contribution in [3.8, 4) is 0 Å². The third-order valence-corrected chi connectivity index (χ3v) is 3.96. The third kappa shape index (κ3) is 2.52. The van der Waals surface area contributed by atoms with Crippen LogP contribution >= 0.6 is 34.5 Å². The lowest BCUT2D eigenvalue weighted by atomic mass is 10.2. The molecular formula is C13H9Cl2N3S. The van der Waals surface area contributed by atoms with Crippen molar-refractivity contribution in [2.24, 2.45) is 0 Å². The molecule has 3 rings (SSSR count). The predicted octanol–water partition coefficient (Wildman–Crippen LogP) is 5.05. The Balaban J connectivity index is 2.10. The van der Waals surface area contributed by atoms with E-state index in [1.165, 1.54) is 11.3 Å². The summed E-state index contributed by atoms with van der Waals surface area (Å²) in [5.74, 6) is 0.696. The molecule has 0 unspecified atom stereocenters. The van der Waals surface area contributed by atoms with Gasteiger partial charge in [-0.2, -0.15) is 4.98 Å². The van der Waals surface area contributed by atoms with Gasteiger partial charge in [-0.1, -0.05) is 17.7 Å². The lowest BCUT2D eigenvalue weighted by molar-refractivity contribution is 1.23. The van der Waals surface area contributed by atoms with Crippen LogP contribution in [-0.2, 0) is 0 Å². The summed E-state index contributed by atoms with van der Waals surface area (Å²) >= 11 is 13.5. The molecule has 19 heavy (non-hydrogen) atoms. The second kappa shape index (κ2) is 4.96. The summed E-state index contributed by atoms with van der Waals surface area (Å²) < 4.78 is 0. The molecule has 0 aliphatic rings. The van der Waals surface area contributed by atoms with Crippen molar-refractivity contribution >= 4 is 56.3 Å². The summed E-state index contributed by atoms with van der Waals surface area (Å²) in [6.07, 6.45) is 0. The monoisotopic (exact) mass is 309 g/mol. The summed E-state index contributed by atoms with van der Waals surface area (Å²) in [7, 11) is 0. The van der Waals surface area contributed by atoms with Gasteiger partial charge in [0.05, 0.1) is 5.39 Å². The Bertz CT molecular complexity index is 755. The van der Waals surface area contributed by atoms with Gasteiger partial charge in [0.1, 0.15) is 10.6 Å². The van der Waals surface area contributed by atoms with Crippen LogP contribution in [0.2, 0.25) is 10.3 Å². The standard InChI is InChI=1S/C13H9Cl2N3S/c1-7-2-3-8(14)6-10(7)16-11-9-4-5-19-12(9)18-13(15)17-11/h2-6H,1H3,(H,16,17,18). The molecule has 2 heterocycles. The Hall–Kier alpha value is -1.36. The van der Waals surface area contributed by atoms with Crippen molar-refractivity contribution in [1.29, 1.82) is 0 Å². The fourth-order valence-corrected chi connectivity index (χ4v) is 2.94. The second-order valence-corrected chi connectivity index (χ2v) is 5.73. The van der Waals surface area contributed by atoms with E-state index in [9.17, 15) is 0 Å². The van der Waals surface area contributed by atoms with Gasteiger partial charge in [-0.3, -0.25) is 0 Å². The number of hydrogen-bond donors (Lipinski definition) is 1. The fourth-order valence-electron chi connectivity index (χ4n) is 1.78. The summed E-state index contributed by atoms with van der Waals surface area (Å²) in [6, 6.07) is 7.65. The maximum Gasteiger partial charge on any atom is 0.225 e. The van der Waals surface area contributed by atoms with Crippen molar-refractivity contribution in [3.05, 3.63) is 45.5 Å². The highest BCUT2D eigenvalue weighted by molar-refractivity contribution is 7.16. The number of thiophene rings is 1. The minimum Gasteiger partial charge on any atom is -0.339 e. The minimum absolute atomic E-state index is 0.233. The molecule has 0 radical (unpaired) electrons. The molecule has 0 aliphatic heterocycles. The maximum absolute atomic E-state index is 6.01. The zero-order valence-corrected chi connectivity index (χ0v) is 12.3. The molecule has 3 nitrogen and oxygen atoms in total. The number of aromatic nitrogens is 2. The molecule has 1 aromatic carbocycles. The second-order valence-electron chi connectivity index (χ2n) is 4.06. The van der Waals surface area contributed by atoms with Gasteiger partial charge >= 0.3 is 0 Å². The zero-order valence-electron chi connectivity index (χ0n) is 9.95. The smallest absolute Gasteiger partial charge is 0.225 e. The number of fused-ring (bicyclic) bond motifs is 1. The molecule has 96 valence electrons. The van der Waals surface area contributed by atoms with Gasteiger partial charge in [-0.25, -0.2) is 4.98 Å². The fraction of sp³-hybridized carbons (Fsp3) is 0.0769. The Morgan fingerprint density at radius 1 is 1.16 bits per heavy atom. The number of nitrogens with one attached hydrogen (secondary N) is 1. The van der Waals surface area contributed by atoms with Gasteiger partial charge in [-0.15, -0.1) is 11.3 Å². The van der Waals surface area contributed by atoms with Gasteiger partial charge in [0, 0.05) is 10.7 Å². The van der Waals surface area contributed by atoms with E-state index in [0.717, 1.165) is 21.5 Å². The lowest BCUT2D eigenvalue weighted by Gasteiger charge is -2.10. The number of aryl methyl sites for hydroxylation is 1. The van der Waals surface area contributed by atoms with E-state index >= 15 is 0 Å². The topological polar surface area (TPSA) is 37.8 Å².